The summed E-state index contributed by atoms with van der Waals surface area (Å²) in [5, 5.41) is 2.91. The molecule has 0 spiro atoms. The van der Waals surface area contributed by atoms with E-state index in [2.05, 4.69) is 29.3 Å². The molecule has 0 aliphatic rings. The summed E-state index contributed by atoms with van der Waals surface area (Å²) in [5.41, 5.74) is 1.98. The number of ether oxygens (including phenoxy) is 1. The second-order valence-corrected chi connectivity index (χ2v) is 5.35. The van der Waals surface area contributed by atoms with E-state index < -0.39 is 0 Å². The fourth-order valence-corrected chi connectivity index (χ4v) is 2.41. The van der Waals surface area contributed by atoms with Gasteiger partial charge in [-0.05, 0) is 24.2 Å². The summed E-state index contributed by atoms with van der Waals surface area (Å²) in [6, 6.07) is 17.8. The number of rotatable bonds is 8. The first kappa shape index (κ1) is 17.0. The second kappa shape index (κ2) is 8.96. The first-order valence-corrected chi connectivity index (χ1v) is 7.92. The molecule has 0 bridgehead atoms. The van der Waals surface area contributed by atoms with Crippen LogP contribution in [0.2, 0.25) is 0 Å². The van der Waals surface area contributed by atoms with Crippen LogP contribution in [0, 0.1) is 0 Å². The van der Waals surface area contributed by atoms with Crippen LogP contribution in [-0.2, 0) is 11.3 Å². The van der Waals surface area contributed by atoms with Crippen LogP contribution in [0.5, 0.6) is 5.75 Å². The lowest BCUT2D eigenvalue weighted by Gasteiger charge is -2.20. The summed E-state index contributed by atoms with van der Waals surface area (Å²) in [5.74, 6) is 0.679. The van der Waals surface area contributed by atoms with Crippen molar-refractivity contribution >= 4 is 11.6 Å². The largest absolute Gasteiger partial charge is 0.495 e. The zero-order valence-electron chi connectivity index (χ0n) is 13.8. The highest BCUT2D eigenvalue weighted by Crippen LogP contribution is 2.23. The highest BCUT2D eigenvalue weighted by Gasteiger charge is 2.10. The first-order chi connectivity index (χ1) is 11.2. The monoisotopic (exact) mass is 312 g/mol. The minimum atomic E-state index is 0.000937. The SMILES string of the molecule is CCN(CCC(=O)Nc1ccccc1OC)Cc1ccccc1. The number of amides is 1. The van der Waals surface area contributed by atoms with E-state index in [1.807, 2.05) is 42.5 Å². The highest BCUT2D eigenvalue weighted by atomic mass is 16.5. The maximum Gasteiger partial charge on any atom is 0.225 e. The number of para-hydroxylation sites is 2. The summed E-state index contributed by atoms with van der Waals surface area (Å²) in [7, 11) is 1.60. The van der Waals surface area contributed by atoms with E-state index in [-0.39, 0.29) is 5.91 Å². The molecule has 2 aromatic rings. The van der Waals surface area contributed by atoms with Crippen molar-refractivity contribution in [3.8, 4) is 5.75 Å². The summed E-state index contributed by atoms with van der Waals surface area (Å²) >= 11 is 0. The van der Waals surface area contributed by atoms with E-state index in [1.54, 1.807) is 7.11 Å². The third kappa shape index (κ3) is 5.42. The molecule has 1 amide bonds. The standard InChI is InChI=1S/C19H24N2O2/c1-3-21(15-16-9-5-4-6-10-16)14-13-19(22)20-17-11-7-8-12-18(17)23-2/h4-12H,3,13-15H2,1-2H3,(H,20,22). The fourth-order valence-electron chi connectivity index (χ4n) is 2.41. The van der Waals surface area contributed by atoms with Crippen molar-refractivity contribution in [1.82, 2.24) is 4.90 Å². The summed E-state index contributed by atoms with van der Waals surface area (Å²) in [4.78, 5) is 14.4. The van der Waals surface area contributed by atoms with Crippen LogP contribution in [0.15, 0.2) is 54.6 Å². The molecule has 0 saturated carbocycles. The first-order valence-electron chi connectivity index (χ1n) is 7.92. The number of anilines is 1. The van der Waals surface area contributed by atoms with Gasteiger partial charge >= 0.3 is 0 Å². The number of methoxy groups -OCH3 is 1. The maximum absolute atomic E-state index is 12.2. The molecule has 0 saturated heterocycles. The lowest BCUT2D eigenvalue weighted by Crippen LogP contribution is -2.27. The van der Waals surface area contributed by atoms with Crippen molar-refractivity contribution in [2.24, 2.45) is 0 Å². The van der Waals surface area contributed by atoms with Gasteiger partial charge in [-0.25, -0.2) is 0 Å². The Labute approximate surface area is 138 Å². The van der Waals surface area contributed by atoms with E-state index in [1.165, 1.54) is 5.56 Å². The van der Waals surface area contributed by atoms with Crippen molar-refractivity contribution in [2.45, 2.75) is 19.9 Å². The lowest BCUT2D eigenvalue weighted by molar-refractivity contribution is -0.116. The third-order valence-corrected chi connectivity index (χ3v) is 3.73. The van der Waals surface area contributed by atoms with Gasteiger partial charge in [0.25, 0.3) is 0 Å². The van der Waals surface area contributed by atoms with E-state index >= 15 is 0 Å². The van der Waals surface area contributed by atoms with E-state index in [0.29, 0.717) is 17.9 Å². The van der Waals surface area contributed by atoms with Crippen LogP contribution >= 0.6 is 0 Å². The number of benzene rings is 2. The molecular weight excluding hydrogens is 288 g/mol. The zero-order chi connectivity index (χ0) is 16.5. The lowest BCUT2D eigenvalue weighted by atomic mass is 10.2. The van der Waals surface area contributed by atoms with Crippen molar-refractivity contribution in [1.29, 1.82) is 0 Å². The molecule has 0 aliphatic heterocycles. The third-order valence-electron chi connectivity index (χ3n) is 3.73. The minimum absolute atomic E-state index is 0.000937. The van der Waals surface area contributed by atoms with Gasteiger partial charge in [0.2, 0.25) is 5.91 Å². The maximum atomic E-state index is 12.2. The average molecular weight is 312 g/mol. The van der Waals surface area contributed by atoms with E-state index in [9.17, 15) is 4.79 Å². The van der Waals surface area contributed by atoms with Crippen LogP contribution in [0.25, 0.3) is 0 Å². The fraction of sp³-hybridized carbons (Fsp3) is 0.316. The average Bonchev–Trinajstić information content (AvgIpc) is 2.60. The van der Waals surface area contributed by atoms with Crippen molar-refractivity contribution in [3.63, 3.8) is 0 Å². The summed E-state index contributed by atoms with van der Waals surface area (Å²) < 4.78 is 5.25. The molecule has 4 heteroatoms. The number of carbonyl (C=O) groups excluding carboxylic acids is 1. The van der Waals surface area contributed by atoms with Crippen LogP contribution in [-0.4, -0.2) is 31.0 Å². The van der Waals surface area contributed by atoms with Crippen molar-refractivity contribution in [2.75, 3.05) is 25.5 Å². The molecule has 2 rings (SSSR count). The Kier molecular flexibility index (Phi) is 6.63. The molecule has 0 radical (unpaired) electrons. The smallest absolute Gasteiger partial charge is 0.225 e. The molecule has 0 aromatic heterocycles. The van der Waals surface area contributed by atoms with Gasteiger partial charge in [-0.15, -0.1) is 0 Å². The minimum Gasteiger partial charge on any atom is -0.495 e. The predicted octanol–water partition coefficient (Wildman–Crippen LogP) is 3.55. The van der Waals surface area contributed by atoms with Crippen LogP contribution in [0.4, 0.5) is 5.69 Å². The van der Waals surface area contributed by atoms with Gasteiger partial charge in [0, 0.05) is 19.5 Å². The molecule has 23 heavy (non-hydrogen) atoms. The Balaban J connectivity index is 1.85. The summed E-state index contributed by atoms with van der Waals surface area (Å²) in [6.07, 6.45) is 0.457. The Morgan fingerprint density at radius 2 is 1.78 bits per heavy atom. The molecule has 1 N–H and O–H groups in total. The van der Waals surface area contributed by atoms with Crippen molar-refractivity contribution < 1.29 is 9.53 Å². The topological polar surface area (TPSA) is 41.6 Å². The van der Waals surface area contributed by atoms with Gasteiger partial charge in [-0.1, -0.05) is 49.4 Å². The molecule has 0 fully saturated rings. The number of nitrogens with one attached hydrogen (secondary N) is 1. The quantitative estimate of drug-likeness (QED) is 0.810. The second-order valence-electron chi connectivity index (χ2n) is 5.35. The Bertz CT molecular complexity index is 614. The number of nitrogens with zero attached hydrogens (tertiary/aromatic N) is 1. The molecule has 0 unspecified atom stereocenters. The molecule has 122 valence electrons. The van der Waals surface area contributed by atoms with Crippen molar-refractivity contribution in [3.05, 3.63) is 60.2 Å². The van der Waals surface area contributed by atoms with E-state index in [0.717, 1.165) is 19.6 Å². The Morgan fingerprint density at radius 3 is 2.48 bits per heavy atom. The van der Waals surface area contributed by atoms with Gasteiger partial charge in [-0.2, -0.15) is 0 Å². The number of hydrogen-bond donors (Lipinski definition) is 1. The molecule has 0 aliphatic carbocycles. The molecular formula is C19H24N2O2. The predicted molar refractivity (Wildman–Crippen MR) is 93.6 cm³/mol. The Morgan fingerprint density at radius 1 is 1.09 bits per heavy atom. The Hall–Kier alpha value is -2.33. The van der Waals surface area contributed by atoms with Crippen LogP contribution in [0.3, 0.4) is 0 Å². The molecule has 2 aromatic carbocycles. The molecule has 0 atom stereocenters. The van der Waals surface area contributed by atoms with Crippen LogP contribution < -0.4 is 10.1 Å². The van der Waals surface area contributed by atoms with Gasteiger partial charge in [0.15, 0.2) is 0 Å². The molecule has 0 heterocycles. The van der Waals surface area contributed by atoms with Gasteiger partial charge < -0.3 is 10.1 Å². The van der Waals surface area contributed by atoms with Gasteiger partial charge in [0.05, 0.1) is 12.8 Å². The van der Waals surface area contributed by atoms with Gasteiger partial charge in [0.1, 0.15) is 5.75 Å². The number of carbonyl (C=O) groups is 1. The normalized spacial score (nSPS) is 10.6. The van der Waals surface area contributed by atoms with Gasteiger partial charge in [-0.3, -0.25) is 9.69 Å². The highest BCUT2D eigenvalue weighted by molar-refractivity contribution is 5.92. The zero-order valence-corrected chi connectivity index (χ0v) is 13.8. The molecule has 4 nitrogen and oxygen atoms in total. The van der Waals surface area contributed by atoms with Crippen LogP contribution in [0.1, 0.15) is 18.9 Å². The number of hydrogen-bond acceptors (Lipinski definition) is 3. The van der Waals surface area contributed by atoms with E-state index in [4.69, 9.17) is 4.74 Å². The summed E-state index contributed by atoms with van der Waals surface area (Å²) in [6.45, 7) is 4.61.